The standard InChI is InChI=1S/C20H21N3O3S2/c24-19(21-14-13-16-7-3-1-4-8-16)12-11-17-15-27-20(22-17)23-28(25,26)18-9-5-2-6-10-18/h1-10,15H,11-14H2,(H,21,24)(H,22,23). The summed E-state index contributed by atoms with van der Waals surface area (Å²) in [5.41, 5.74) is 1.87. The first kappa shape index (κ1) is 20.0. The number of hydrogen-bond acceptors (Lipinski definition) is 5. The molecule has 2 aromatic carbocycles. The number of aryl methyl sites for hydroxylation is 1. The van der Waals surface area contributed by atoms with Crippen LogP contribution in [0.25, 0.3) is 0 Å². The number of nitrogens with zero attached hydrogens (tertiary/aromatic N) is 1. The molecule has 1 heterocycles. The lowest BCUT2D eigenvalue weighted by atomic mass is 10.1. The van der Waals surface area contributed by atoms with Crippen LogP contribution >= 0.6 is 11.3 Å². The Kier molecular flexibility index (Phi) is 6.78. The summed E-state index contributed by atoms with van der Waals surface area (Å²) in [6.45, 7) is 0.585. The molecular weight excluding hydrogens is 394 g/mol. The second kappa shape index (κ2) is 9.48. The highest BCUT2D eigenvalue weighted by Crippen LogP contribution is 2.20. The van der Waals surface area contributed by atoms with Gasteiger partial charge in [-0.05, 0) is 30.5 Å². The zero-order valence-corrected chi connectivity index (χ0v) is 16.8. The fourth-order valence-electron chi connectivity index (χ4n) is 2.56. The Balaban J connectivity index is 1.45. The third-order valence-electron chi connectivity index (χ3n) is 4.01. The van der Waals surface area contributed by atoms with Crippen molar-refractivity contribution in [3.8, 4) is 0 Å². The van der Waals surface area contributed by atoms with Gasteiger partial charge in [-0.2, -0.15) is 0 Å². The molecule has 3 rings (SSSR count). The molecule has 28 heavy (non-hydrogen) atoms. The van der Waals surface area contributed by atoms with Gasteiger partial charge in [0.1, 0.15) is 0 Å². The zero-order chi connectivity index (χ0) is 19.8. The minimum atomic E-state index is -3.65. The molecule has 6 nitrogen and oxygen atoms in total. The Morgan fingerprint density at radius 2 is 1.64 bits per heavy atom. The van der Waals surface area contributed by atoms with E-state index in [9.17, 15) is 13.2 Å². The normalized spacial score (nSPS) is 11.1. The highest BCUT2D eigenvalue weighted by Gasteiger charge is 2.15. The van der Waals surface area contributed by atoms with Crippen LogP contribution < -0.4 is 10.0 Å². The molecule has 0 spiro atoms. The van der Waals surface area contributed by atoms with Crippen molar-refractivity contribution in [3.05, 3.63) is 77.3 Å². The molecule has 0 radical (unpaired) electrons. The molecule has 0 fully saturated rings. The van der Waals surface area contributed by atoms with Crippen molar-refractivity contribution in [3.63, 3.8) is 0 Å². The average molecular weight is 416 g/mol. The topological polar surface area (TPSA) is 88.2 Å². The largest absolute Gasteiger partial charge is 0.356 e. The smallest absolute Gasteiger partial charge is 0.263 e. The van der Waals surface area contributed by atoms with Gasteiger partial charge in [0.25, 0.3) is 10.0 Å². The quantitative estimate of drug-likeness (QED) is 0.562. The number of anilines is 1. The van der Waals surface area contributed by atoms with Crippen LogP contribution in [0, 0.1) is 0 Å². The van der Waals surface area contributed by atoms with Gasteiger partial charge in [0.15, 0.2) is 5.13 Å². The Labute approximate surface area is 168 Å². The van der Waals surface area contributed by atoms with Crippen molar-refractivity contribution in [2.45, 2.75) is 24.2 Å². The third-order valence-corrected chi connectivity index (χ3v) is 6.30. The van der Waals surface area contributed by atoms with Gasteiger partial charge in [-0.3, -0.25) is 9.52 Å². The predicted molar refractivity (Wildman–Crippen MR) is 111 cm³/mol. The van der Waals surface area contributed by atoms with Gasteiger partial charge >= 0.3 is 0 Å². The monoisotopic (exact) mass is 415 g/mol. The lowest BCUT2D eigenvalue weighted by Crippen LogP contribution is -2.25. The SMILES string of the molecule is O=C(CCc1csc(NS(=O)(=O)c2ccccc2)n1)NCCc1ccccc1. The Hall–Kier alpha value is -2.71. The van der Waals surface area contributed by atoms with Crippen molar-refractivity contribution in [2.24, 2.45) is 0 Å². The van der Waals surface area contributed by atoms with Crippen molar-refractivity contribution < 1.29 is 13.2 Å². The van der Waals surface area contributed by atoms with E-state index in [0.717, 1.165) is 6.42 Å². The highest BCUT2D eigenvalue weighted by molar-refractivity contribution is 7.93. The molecule has 3 aromatic rings. The zero-order valence-electron chi connectivity index (χ0n) is 15.2. The molecule has 0 aliphatic rings. The van der Waals surface area contributed by atoms with Gasteiger partial charge < -0.3 is 5.32 Å². The van der Waals surface area contributed by atoms with E-state index in [4.69, 9.17) is 0 Å². The maximum atomic E-state index is 12.3. The number of rotatable bonds is 9. The third kappa shape index (κ3) is 5.90. The Bertz CT molecular complexity index is 1000. The summed E-state index contributed by atoms with van der Waals surface area (Å²) in [6.07, 6.45) is 1.55. The van der Waals surface area contributed by atoms with E-state index in [1.165, 1.54) is 29.0 Å². The molecule has 0 saturated carbocycles. The highest BCUT2D eigenvalue weighted by atomic mass is 32.2. The van der Waals surface area contributed by atoms with Gasteiger partial charge in [-0.1, -0.05) is 48.5 Å². The van der Waals surface area contributed by atoms with Crippen LogP contribution in [-0.4, -0.2) is 25.9 Å². The van der Waals surface area contributed by atoms with Gasteiger partial charge in [0.05, 0.1) is 10.6 Å². The van der Waals surface area contributed by atoms with E-state index in [1.807, 2.05) is 30.3 Å². The van der Waals surface area contributed by atoms with Crippen molar-refractivity contribution in [2.75, 3.05) is 11.3 Å². The van der Waals surface area contributed by atoms with Crippen LogP contribution in [0.2, 0.25) is 0 Å². The Morgan fingerprint density at radius 3 is 2.36 bits per heavy atom. The number of sulfonamides is 1. The molecule has 0 aliphatic heterocycles. The van der Waals surface area contributed by atoms with Gasteiger partial charge in [0.2, 0.25) is 5.91 Å². The van der Waals surface area contributed by atoms with Crippen LogP contribution in [-0.2, 0) is 27.7 Å². The van der Waals surface area contributed by atoms with E-state index >= 15 is 0 Å². The first-order chi connectivity index (χ1) is 13.5. The molecule has 2 N–H and O–H groups in total. The van der Waals surface area contributed by atoms with Gasteiger partial charge in [-0.15, -0.1) is 11.3 Å². The first-order valence-electron chi connectivity index (χ1n) is 8.86. The number of thiazole rings is 1. The summed E-state index contributed by atoms with van der Waals surface area (Å²) in [6, 6.07) is 18.1. The number of hydrogen-bond donors (Lipinski definition) is 2. The number of nitrogens with one attached hydrogen (secondary N) is 2. The number of aromatic nitrogens is 1. The second-order valence-corrected chi connectivity index (χ2v) is 8.69. The summed E-state index contributed by atoms with van der Waals surface area (Å²) in [7, 11) is -3.65. The molecule has 146 valence electrons. The molecule has 0 atom stereocenters. The Morgan fingerprint density at radius 1 is 0.964 bits per heavy atom. The van der Waals surface area contributed by atoms with Gasteiger partial charge in [-0.25, -0.2) is 13.4 Å². The molecule has 1 aromatic heterocycles. The van der Waals surface area contributed by atoms with E-state index in [1.54, 1.807) is 23.6 Å². The number of amides is 1. The lowest BCUT2D eigenvalue weighted by molar-refractivity contribution is -0.121. The van der Waals surface area contributed by atoms with Crippen LogP contribution in [0.4, 0.5) is 5.13 Å². The van der Waals surface area contributed by atoms with Crippen molar-refractivity contribution in [1.82, 2.24) is 10.3 Å². The summed E-state index contributed by atoms with van der Waals surface area (Å²) in [4.78, 5) is 16.4. The molecule has 0 aliphatic carbocycles. The van der Waals surface area contributed by atoms with Crippen molar-refractivity contribution in [1.29, 1.82) is 0 Å². The van der Waals surface area contributed by atoms with E-state index < -0.39 is 10.0 Å². The molecule has 0 saturated heterocycles. The summed E-state index contributed by atoms with van der Waals surface area (Å²) < 4.78 is 27.1. The van der Waals surface area contributed by atoms with Crippen LogP contribution in [0.5, 0.6) is 0 Å². The summed E-state index contributed by atoms with van der Waals surface area (Å²) in [5.74, 6) is -0.0460. The average Bonchev–Trinajstić information content (AvgIpc) is 3.14. The number of carbonyl (C=O) groups is 1. The summed E-state index contributed by atoms with van der Waals surface area (Å²) in [5, 5.41) is 4.95. The fraction of sp³-hybridized carbons (Fsp3) is 0.200. The molecular formula is C20H21N3O3S2. The molecule has 8 heteroatoms. The van der Waals surface area contributed by atoms with E-state index in [-0.39, 0.29) is 10.8 Å². The molecule has 0 unspecified atom stereocenters. The minimum absolute atomic E-state index is 0.0460. The van der Waals surface area contributed by atoms with E-state index in [0.29, 0.717) is 30.2 Å². The summed E-state index contributed by atoms with van der Waals surface area (Å²) >= 11 is 1.20. The number of benzene rings is 2. The van der Waals surface area contributed by atoms with E-state index in [2.05, 4.69) is 15.0 Å². The minimum Gasteiger partial charge on any atom is -0.356 e. The first-order valence-corrected chi connectivity index (χ1v) is 11.2. The maximum Gasteiger partial charge on any atom is 0.263 e. The van der Waals surface area contributed by atoms with Crippen LogP contribution in [0.3, 0.4) is 0 Å². The van der Waals surface area contributed by atoms with Gasteiger partial charge in [0, 0.05) is 18.3 Å². The number of carbonyl (C=O) groups excluding carboxylic acids is 1. The second-order valence-electron chi connectivity index (χ2n) is 6.15. The fourth-order valence-corrected chi connectivity index (χ4v) is 4.58. The predicted octanol–water partition coefficient (Wildman–Crippen LogP) is 3.24. The van der Waals surface area contributed by atoms with Crippen molar-refractivity contribution >= 4 is 32.4 Å². The maximum absolute atomic E-state index is 12.3. The lowest BCUT2D eigenvalue weighted by Gasteiger charge is -2.05. The molecule has 0 bridgehead atoms. The van der Waals surface area contributed by atoms with Crippen LogP contribution in [0.15, 0.2) is 70.9 Å². The molecule has 1 amide bonds. The van der Waals surface area contributed by atoms with Crippen LogP contribution in [0.1, 0.15) is 17.7 Å².